The summed E-state index contributed by atoms with van der Waals surface area (Å²) in [5.74, 6) is 2.41. The van der Waals surface area contributed by atoms with Gasteiger partial charge >= 0.3 is 0 Å². The molecule has 1 aliphatic carbocycles. The number of carbonyl (C=O) groups excluding carboxylic acids is 1. The standard InChI is InChI=1S/C20H27NO3S2/c1-23-16-9-8-15(17(13-16)24-2)12-18-19(22)21(20(25)26-18)11-10-14-6-4-3-5-7-14/h8-9,13-14,18H,3-7,10-12H2,1-2H3/t18-/m0/s1. The molecule has 4 nitrogen and oxygen atoms in total. The van der Waals surface area contributed by atoms with Crippen molar-refractivity contribution in [2.45, 2.75) is 50.2 Å². The van der Waals surface area contributed by atoms with E-state index in [9.17, 15) is 4.79 Å². The summed E-state index contributed by atoms with van der Waals surface area (Å²) in [7, 11) is 3.27. The lowest BCUT2D eigenvalue weighted by atomic mass is 9.87. The van der Waals surface area contributed by atoms with Crippen LogP contribution >= 0.6 is 24.0 Å². The van der Waals surface area contributed by atoms with E-state index in [0.29, 0.717) is 6.42 Å². The van der Waals surface area contributed by atoms with Crippen molar-refractivity contribution in [3.63, 3.8) is 0 Å². The fourth-order valence-corrected chi connectivity index (χ4v) is 5.41. The minimum absolute atomic E-state index is 0.147. The van der Waals surface area contributed by atoms with Gasteiger partial charge in [0.25, 0.3) is 0 Å². The topological polar surface area (TPSA) is 38.8 Å². The van der Waals surface area contributed by atoms with Crippen molar-refractivity contribution < 1.29 is 14.3 Å². The maximum absolute atomic E-state index is 12.9. The second-order valence-corrected chi connectivity index (χ2v) is 8.87. The number of ether oxygens (including phenoxy) is 2. The van der Waals surface area contributed by atoms with Gasteiger partial charge in [-0.25, -0.2) is 0 Å². The van der Waals surface area contributed by atoms with Gasteiger partial charge in [-0.05, 0) is 30.4 Å². The first-order valence-electron chi connectivity index (χ1n) is 9.35. The van der Waals surface area contributed by atoms with Crippen molar-refractivity contribution in [1.29, 1.82) is 0 Å². The van der Waals surface area contributed by atoms with E-state index < -0.39 is 0 Å². The van der Waals surface area contributed by atoms with Crippen LogP contribution < -0.4 is 9.47 Å². The van der Waals surface area contributed by atoms with Gasteiger partial charge in [0.1, 0.15) is 15.8 Å². The number of thiocarbonyl (C=S) groups is 1. The number of hydrogen-bond donors (Lipinski definition) is 0. The molecule has 1 saturated carbocycles. The van der Waals surface area contributed by atoms with E-state index in [-0.39, 0.29) is 11.2 Å². The molecule has 6 heteroatoms. The highest BCUT2D eigenvalue weighted by Crippen LogP contribution is 2.34. The van der Waals surface area contributed by atoms with Gasteiger partial charge in [-0.15, -0.1) is 0 Å². The zero-order valence-corrected chi connectivity index (χ0v) is 17.2. The number of hydrogen-bond acceptors (Lipinski definition) is 5. The molecule has 1 aliphatic heterocycles. The van der Waals surface area contributed by atoms with Crippen LogP contribution in [0, 0.1) is 5.92 Å². The van der Waals surface area contributed by atoms with E-state index in [2.05, 4.69) is 0 Å². The first-order chi connectivity index (χ1) is 12.6. The first kappa shape index (κ1) is 19.5. The minimum Gasteiger partial charge on any atom is -0.497 e. The van der Waals surface area contributed by atoms with Crippen molar-refractivity contribution >= 4 is 34.2 Å². The Labute approximate surface area is 165 Å². The van der Waals surface area contributed by atoms with Gasteiger partial charge in [-0.3, -0.25) is 9.69 Å². The number of thioether (sulfide) groups is 1. The molecule has 0 unspecified atom stereocenters. The molecule has 0 spiro atoms. The van der Waals surface area contributed by atoms with Gasteiger partial charge in [0.15, 0.2) is 0 Å². The zero-order chi connectivity index (χ0) is 18.5. The predicted molar refractivity (Wildman–Crippen MR) is 110 cm³/mol. The number of methoxy groups -OCH3 is 2. The number of carbonyl (C=O) groups is 1. The lowest BCUT2D eigenvalue weighted by molar-refractivity contribution is -0.126. The minimum atomic E-state index is -0.156. The molecular weight excluding hydrogens is 366 g/mol. The van der Waals surface area contributed by atoms with Gasteiger partial charge in [0.05, 0.1) is 19.5 Å². The van der Waals surface area contributed by atoms with Crippen LogP contribution in [0.1, 0.15) is 44.1 Å². The summed E-state index contributed by atoms with van der Waals surface area (Å²) in [5, 5.41) is -0.156. The predicted octanol–water partition coefficient (Wildman–Crippen LogP) is 4.45. The largest absolute Gasteiger partial charge is 0.497 e. The third-order valence-corrected chi connectivity index (χ3v) is 6.97. The van der Waals surface area contributed by atoms with Crippen LogP contribution in [0.2, 0.25) is 0 Å². The Morgan fingerprint density at radius 1 is 1.19 bits per heavy atom. The molecule has 26 heavy (non-hydrogen) atoms. The van der Waals surface area contributed by atoms with Crippen LogP contribution in [0.15, 0.2) is 18.2 Å². The first-order valence-corrected chi connectivity index (χ1v) is 10.6. The average molecular weight is 394 g/mol. The highest BCUT2D eigenvalue weighted by Gasteiger charge is 2.37. The molecule has 1 atom stereocenters. The Bertz CT molecular complexity index is 658. The summed E-state index contributed by atoms with van der Waals surface area (Å²) >= 11 is 7.01. The average Bonchev–Trinajstić information content (AvgIpc) is 2.94. The SMILES string of the molecule is COc1ccc(C[C@@H]2SC(=S)N(CCC3CCCCC3)C2=O)c(OC)c1. The fraction of sp³-hybridized carbons (Fsp3) is 0.600. The van der Waals surface area contributed by atoms with E-state index in [1.807, 2.05) is 23.1 Å². The summed E-state index contributed by atoms with van der Waals surface area (Å²) in [5.41, 5.74) is 1.01. The van der Waals surface area contributed by atoms with E-state index in [0.717, 1.165) is 40.3 Å². The van der Waals surface area contributed by atoms with Crippen LogP contribution in [-0.4, -0.2) is 41.1 Å². The van der Waals surface area contributed by atoms with E-state index in [1.54, 1.807) is 14.2 Å². The molecule has 1 saturated heterocycles. The van der Waals surface area contributed by atoms with Crippen LogP contribution in [-0.2, 0) is 11.2 Å². The summed E-state index contributed by atoms with van der Waals surface area (Å²) in [6, 6.07) is 5.74. The summed E-state index contributed by atoms with van der Waals surface area (Å²) in [6.07, 6.45) is 8.32. The number of amides is 1. The lowest BCUT2D eigenvalue weighted by Crippen LogP contribution is -2.34. The number of nitrogens with zero attached hydrogens (tertiary/aromatic N) is 1. The smallest absolute Gasteiger partial charge is 0.241 e. The van der Waals surface area contributed by atoms with Crippen molar-refractivity contribution in [2.24, 2.45) is 5.92 Å². The normalized spacial score (nSPS) is 21.3. The van der Waals surface area contributed by atoms with Crippen molar-refractivity contribution in [2.75, 3.05) is 20.8 Å². The highest BCUT2D eigenvalue weighted by atomic mass is 32.2. The van der Waals surface area contributed by atoms with E-state index in [4.69, 9.17) is 21.7 Å². The maximum Gasteiger partial charge on any atom is 0.241 e. The molecule has 2 fully saturated rings. The second-order valence-electron chi connectivity index (χ2n) is 7.04. The molecule has 0 radical (unpaired) electrons. The second kappa shape index (κ2) is 9.09. The van der Waals surface area contributed by atoms with Gasteiger partial charge in [0.2, 0.25) is 5.91 Å². The summed E-state index contributed by atoms with van der Waals surface area (Å²) in [6.45, 7) is 0.769. The molecule has 142 valence electrons. The Morgan fingerprint density at radius 3 is 2.65 bits per heavy atom. The summed E-state index contributed by atoms with van der Waals surface area (Å²) in [4.78, 5) is 14.7. The van der Waals surface area contributed by atoms with Gasteiger partial charge in [0, 0.05) is 12.6 Å². The third-order valence-electron chi connectivity index (χ3n) is 5.39. The Morgan fingerprint density at radius 2 is 1.96 bits per heavy atom. The Balaban J connectivity index is 1.61. The van der Waals surface area contributed by atoms with E-state index >= 15 is 0 Å². The molecule has 1 amide bonds. The van der Waals surface area contributed by atoms with Gasteiger partial charge in [-0.2, -0.15) is 0 Å². The Kier molecular flexibility index (Phi) is 6.81. The fourth-order valence-electron chi connectivity index (χ4n) is 3.84. The maximum atomic E-state index is 12.9. The molecular formula is C20H27NO3S2. The van der Waals surface area contributed by atoms with Crippen molar-refractivity contribution in [3.8, 4) is 11.5 Å². The van der Waals surface area contributed by atoms with Crippen LogP contribution in [0.5, 0.6) is 11.5 Å². The molecule has 3 rings (SSSR count). The van der Waals surface area contributed by atoms with Crippen LogP contribution in [0.25, 0.3) is 0 Å². The molecule has 1 aromatic carbocycles. The Hall–Kier alpha value is -1.27. The monoisotopic (exact) mass is 393 g/mol. The van der Waals surface area contributed by atoms with Crippen LogP contribution in [0.3, 0.4) is 0 Å². The zero-order valence-electron chi connectivity index (χ0n) is 15.5. The number of benzene rings is 1. The molecule has 0 aromatic heterocycles. The number of rotatable bonds is 7. The van der Waals surface area contributed by atoms with Crippen molar-refractivity contribution in [1.82, 2.24) is 4.90 Å². The van der Waals surface area contributed by atoms with Gasteiger partial charge < -0.3 is 9.47 Å². The summed E-state index contributed by atoms with van der Waals surface area (Å²) < 4.78 is 11.4. The van der Waals surface area contributed by atoms with Gasteiger partial charge in [-0.1, -0.05) is 62.2 Å². The molecule has 0 N–H and O–H groups in total. The van der Waals surface area contributed by atoms with Crippen LogP contribution in [0.4, 0.5) is 0 Å². The molecule has 0 bridgehead atoms. The quantitative estimate of drug-likeness (QED) is 0.640. The molecule has 2 aliphatic rings. The lowest BCUT2D eigenvalue weighted by Gasteiger charge is -2.24. The van der Waals surface area contributed by atoms with E-state index in [1.165, 1.54) is 43.9 Å². The molecule has 1 heterocycles. The van der Waals surface area contributed by atoms with Crippen molar-refractivity contribution in [3.05, 3.63) is 23.8 Å². The highest BCUT2D eigenvalue weighted by molar-refractivity contribution is 8.24. The third kappa shape index (κ3) is 4.52. The molecule has 1 aromatic rings.